The number of nitrogens with one attached hydrogen (secondary N) is 1. The molecule has 3 N–H and O–H groups in total. The molecule has 1 saturated heterocycles. The number of nitrogens with two attached hydrogens (primary N) is 1. The van der Waals surface area contributed by atoms with Crippen LogP contribution >= 0.6 is 0 Å². The van der Waals surface area contributed by atoms with E-state index in [9.17, 15) is 57.5 Å². The van der Waals surface area contributed by atoms with Gasteiger partial charge in [-0.25, -0.2) is 5.01 Å². The van der Waals surface area contributed by atoms with E-state index >= 15 is 0 Å². The molecular weight excluding hydrogens is 542 g/mol. The summed E-state index contributed by atoms with van der Waals surface area (Å²) >= 11 is 0. The highest BCUT2D eigenvalue weighted by atomic mass is 19.4. The number of carbonyl (C=O) groups is 1. The van der Waals surface area contributed by atoms with Crippen LogP contribution in [0, 0.1) is 0 Å². The zero-order chi connectivity index (χ0) is 28.1. The van der Waals surface area contributed by atoms with Crippen LogP contribution in [-0.4, -0.2) is 59.7 Å². The second-order valence-corrected chi connectivity index (χ2v) is 8.37. The van der Waals surface area contributed by atoms with Crippen molar-refractivity contribution in [3.8, 4) is 0 Å². The minimum atomic E-state index is -5.75. The van der Waals surface area contributed by atoms with Gasteiger partial charge in [-0.1, -0.05) is 0 Å². The highest BCUT2D eigenvalue weighted by Crippen LogP contribution is 2.44. The summed E-state index contributed by atoms with van der Waals surface area (Å²) in [7, 11) is 0. The van der Waals surface area contributed by atoms with Crippen molar-refractivity contribution < 1.29 is 57.5 Å². The van der Waals surface area contributed by atoms with Gasteiger partial charge in [0.15, 0.2) is 0 Å². The van der Waals surface area contributed by atoms with Gasteiger partial charge in [-0.3, -0.25) is 4.79 Å². The van der Waals surface area contributed by atoms with Gasteiger partial charge in [0.25, 0.3) is 0 Å². The van der Waals surface area contributed by atoms with Crippen molar-refractivity contribution in [3.63, 3.8) is 0 Å². The van der Waals surface area contributed by atoms with Gasteiger partial charge in [0.05, 0.1) is 16.7 Å². The third-order valence-corrected chi connectivity index (χ3v) is 5.66. The molecule has 0 saturated carbocycles. The Morgan fingerprint density at radius 2 is 1.49 bits per heavy atom. The predicted octanol–water partition coefficient (Wildman–Crippen LogP) is 3.95. The van der Waals surface area contributed by atoms with E-state index in [1.54, 1.807) is 0 Å². The molecule has 37 heavy (non-hydrogen) atoms. The molecule has 1 aromatic rings. The van der Waals surface area contributed by atoms with Crippen LogP contribution in [0.1, 0.15) is 28.7 Å². The van der Waals surface area contributed by atoms with Gasteiger partial charge in [0.2, 0.25) is 5.91 Å². The fourth-order valence-electron chi connectivity index (χ4n) is 3.98. The molecule has 0 bridgehead atoms. The summed E-state index contributed by atoms with van der Waals surface area (Å²) in [6, 6.07) is -4.47. The van der Waals surface area contributed by atoms with Crippen molar-refractivity contribution in [2.24, 2.45) is 10.8 Å². The molecule has 1 amide bonds. The maximum absolute atomic E-state index is 13.4. The maximum Gasteiger partial charge on any atom is 0.417 e. The third-order valence-electron chi connectivity index (χ3n) is 5.66. The van der Waals surface area contributed by atoms with Crippen molar-refractivity contribution in [3.05, 3.63) is 34.4 Å². The number of piperazine rings is 1. The van der Waals surface area contributed by atoms with Crippen molar-refractivity contribution in [1.29, 1.82) is 0 Å². The first-order valence-electron chi connectivity index (χ1n) is 10.3. The molecule has 0 spiro atoms. The molecule has 0 aliphatic carbocycles. The number of hydrogen-bond donors (Lipinski definition) is 2. The van der Waals surface area contributed by atoms with E-state index in [2.05, 4.69) is 10.4 Å². The van der Waals surface area contributed by atoms with Gasteiger partial charge < -0.3 is 16.0 Å². The van der Waals surface area contributed by atoms with Crippen LogP contribution in [-0.2, 0) is 29.7 Å². The van der Waals surface area contributed by atoms with E-state index < -0.39 is 103 Å². The van der Waals surface area contributed by atoms with E-state index in [4.69, 9.17) is 5.73 Å². The third kappa shape index (κ3) is 6.39. The summed E-state index contributed by atoms with van der Waals surface area (Å²) in [5, 5.41) is 6.56. The predicted molar refractivity (Wildman–Crippen MR) is 101 cm³/mol. The summed E-state index contributed by atoms with van der Waals surface area (Å²) in [6.07, 6.45) is -23.4. The van der Waals surface area contributed by atoms with Crippen LogP contribution in [0.5, 0.6) is 0 Å². The Labute approximate surface area is 200 Å². The molecule has 2 aliphatic rings. The van der Waals surface area contributed by atoms with Crippen LogP contribution in [0.2, 0.25) is 0 Å². The molecule has 18 heteroatoms. The minimum absolute atomic E-state index is 0.298. The van der Waals surface area contributed by atoms with Crippen molar-refractivity contribution in [2.75, 3.05) is 13.1 Å². The fourth-order valence-corrected chi connectivity index (χ4v) is 3.98. The Morgan fingerprint density at radius 1 is 0.946 bits per heavy atom. The van der Waals surface area contributed by atoms with Crippen LogP contribution in [0.3, 0.4) is 0 Å². The Balaban J connectivity index is 1.80. The topological polar surface area (TPSA) is 74.0 Å². The SMILES string of the molecule is N[C@@H](CC(=O)N1N=CN2CC(C(F)(F)F)NCC21)Cc1cc(C(F)(F)F)c(C(F)(F)F)cc1C(F)(F)F. The number of fused-ring (bicyclic) bond motifs is 1. The van der Waals surface area contributed by atoms with E-state index in [1.165, 1.54) is 0 Å². The van der Waals surface area contributed by atoms with Gasteiger partial charge in [0.1, 0.15) is 18.5 Å². The highest BCUT2D eigenvalue weighted by molar-refractivity contribution is 5.79. The first-order chi connectivity index (χ1) is 16.7. The summed E-state index contributed by atoms with van der Waals surface area (Å²) in [5.41, 5.74) is -2.44. The summed E-state index contributed by atoms with van der Waals surface area (Å²) in [5.74, 6) is -0.972. The van der Waals surface area contributed by atoms with E-state index in [0.717, 1.165) is 16.2 Å². The summed E-state index contributed by atoms with van der Waals surface area (Å²) in [6.45, 7) is -0.995. The van der Waals surface area contributed by atoms with E-state index in [1.807, 2.05) is 0 Å². The smallest absolute Gasteiger partial charge is 0.336 e. The first-order valence-corrected chi connectivity index (χ1v) is 10.3. The average Bonchev–Trinajstić information content (AvgIpc) is 3.14. The molecule has 2 heterocycles. The highest BCUT2D eigenvalue weighted by Gasteiger charge is 2.48. The Hall–Kier alpha value is -2.76. The Bertz CT molecular complexity index is 1050. The van der Waals surface area contributed by atoms with Crippen LogP contribution < -0.4 is 11.1 Å². The molecule has 3 atom stereocenters. The Morgan fingerprint density at radius 3 is 2.00 bits per heavy atom. The molecule has 3 rings (SSSR count). The molecule has 2 unspecified atom stereocenters. The minimum Gasteiger partial charge on any atom is -0.336 e. The van der Waals surface area contributed by atoms with Crippen molar-refractivity contribution >= 4 is 12.2 Å². The maximum atomic E-state index is 13.4. The average molecular weight is 559 g/mol. The number of halogens is 12. The second-order valence-electron chi connectivity index (χ2n) is 8.37. The zero-order valence-corrected chi connectivity index (χ0v) is 18.2. The molecule has 0 aromatic heterocycles. The lowest BCUT2D eigenvalue weighted by atomic mass is 9.92. The zero-order valence-electron chi connectivity index (χ0n) is 18.2. The van der Waals surface area contributed by atoms with Crippen LogP contribution in [0.25, 0.3) is 0 Å². The summed E-state index contributed by atoms with van der Waals surface area (Å²) in [4.78, 5) is 13.7. The first kappa shape index (κ1) is 28.8. The lowest BCUT2D eigenvalue weighted by molar-refractivity contribution is -0.167. The molecular formula is C19H17F12N5O. The van der Waals surface area contributed by atoms with Gasteiger partial charge >= 0.3 is 24.7 Å². The van der Waals surface area contributed by atoms with Crippen LogP contribution in [0.15, 0.2) is 17.2 Å². The normalized spacial score (nSPS) is 21.9. The number of benzene rings is 1. The number of alkyl halides is 12. The monoisotopic (exact) mass is 559 g/mol. The number of nitrogens with zero attached hydrogens (tertiary/aromatic N) is 3. The second kappa shape index (κ2) is 9.52. The van der Waals surface area contributed by atoms with Gasteiger partial charge in [-0.2, -0.15) is 57.8 Å². The summed E-state index contributed by atoms with van der Waals surface area (Å²) < 4.78 is 158. The molecule has 0 radical (unpaired) electrons. The fraction of sp³-hybridized carbons (Fsp3) is 0.579. The van der Waals surface area contributed by atoms with Crippen molar-refractivity contribution in [2.45, 2.75) is 55.8 Å². The quantitative estimate of drug-likeness (QED) is 0.549. The molecule has 1 fully saturated rings. The lowest BCUT2D eigenvalue weighted by Crippen LogP contribution is -2.62. The number of rotatable bonds is 4. The number of amides is 1. The van der Waals surface area contributed by atoms with E-state index in [0.29, 0.717) is 0 Å². The number of hydrazone groups is 1. The number of hydrogen-bond acceptors (Lipinski definition) is 5. The lowest BCUT2D eigenvalue weighted by Gasteiger charge is -2.38. The Kier molecular flexibility index (Phi) is 7.41. The van der Waals surface area contributed by atoms with Gasteiger partial charge in [0, 0.05) is 25.6 Å². The molecule has 208 valence electrons. The van der Waals surface area contributed by atoms with Gasteiger partial charge in [-0.05, 0) is 24.1 Å². The van der Waals surface area contributed by atoms with Crippen molar-refractivity contribution in [1.82, 2.24) is 15.2 Å². The largest absolute Gasteiger partial charge is 0.417 e. The standard InChI is InChI=1S/C19H17F12N5O/c20-16(21,22)10-4-12(18(26,27)28)11(17(23,24)25)2-8(10)1-9(32)3-15(37)36-14-5-33-13(19(29,30)31)6-35(14)7-34-36/h2,4,7,9,13-14,33H,1,3,5-6,32H2/t9-,13?,14?/m1/s1. The van der Waals surface area contributed by atoms with Crippen LogP contribution in [0.4, 0.5) is 52.7 Å². The molecule has 1 aromatic carbocycles. The van der Waals surface area contributed by atoms with Gasteiger partial charge in [-0.15, -0.1) is 0 Å². The number of carbonyl (C=O) groups excluding carboxylic acids is 1. The molecule has 2 aliphatic heterocycles. The molecule has 6 nitrogen and oxygen atoms in total. The van der Waals surface area contributed by atoms with E-state index in [-0.39, 0.29) is 6.07 Å².